The van der Waals surface area contributed by atoms with E-state index in [9.17, 15) is 13.2 Å². The quantitative estimate of drug-likeness (QED) is 0.333. The Balaban J connectivity index is 1.29. The molecule has 176 valence electrons. The van der Waals surface area contributed by atoms with E-state index in [1.807, 2.05) is 60.7 Å². The van der Waals surface area contributed by atoms with E-state index < -0.39 is 15.9 Å². The Morgan fingerprint density at radius 2 is 1.49 bits per heavy atom. The van der Waals surface area contributed by atoms with E-state index in [1.165, 1.54) is 11.1 Å². The lowest BCUT2D eigenvalue weighted by atomic mass is 10.1. The average Bonchev–Trinajstić information content (AvgIpc) is 3.21. The summed E-state index contributed by atoms with van der Waals surface area (Å²) < 4.78 is 31.8. The molecular formula is C28H24N2O4S. The fourth-order valence-corrected chi connectivity index (χ4v) is 5.12. The normalized spacial score (nSPS) is 11.9. The maximum absolute atomic E-state index is 12.8. The Morgan fingerprint density at radius 1 is 0.829 bits per heavy atom. The molecule has 0 saturated carbocycles. The van der Waals surface area contributed by atoms with Gasteiger partial charge in [0, 0.05) is 5.69 Å². The van der Waals surface area contributed by atoms with Crippen LogP contribution in [0, 0.1) is 0 Å². The third-order valence-corrected chi connectivity index (χ3v) is 7.01. The number of amides is 1. The number of nitrogens with one attached hydrogen (secondary N) is 1. The molecule has 35 heavy (non-hydrogen) atoms. The lowest BCUT2D eigenvalue weighted by molar-refractivity contribution is -0.114. The second-order valence-electron chi connectivity index (χ2n) is 8.43. The zero-order chi connectivity index (χ0) is 24.4. The summed E-state index contributed by atoms with van der Waals surface area (Å²) in [5.74, 6) is 0.824. The summed E-state index contributed by atoms with van der Waals surface area (Å²) in [6.07, 6.45) is 1.89. The topological polar surface area (TPSA) is 75.7 Å². The van der Waals surface area contributed by atoms with Gasteiger partial charge in [0.2, 0.25) is 15.9 Å². The van der Waals surface area contributed by atoms with Crippen molar-refractivity contribution >= 4 is 27.3 Å². The van der Waals surface area contributed by atoms with Crippen LogP contribution in [-0.2, 0) is 21.2 Å². The van der Waals surface area contributed by atoms with Gasteiger partial charge in [-0.3, -0.25) is 9.10 Å². The number of benzene rings is 4. The molecule has 6 nitrogen and oxygen atoms in total. The fraction of sp³-hybridized carbons (Fsp3) is 0.107. The molecule has 5 rings (SSSR count). The zero-order valence-electron chi connectivity index (χ0n) is 19.1. The van der Waals surface area contributed by atoms with Gasteiger partial charge in [-0.1, -0.05) is 48.5 Å². The van der Waals surface area contributed by atoms with Crippen LogP contribution >= 0.6 is 0 Å². The van der Waals surface area contributed by atoms with Crippen LogP contribution in [0.5, 0.6) is 11.5 Å². The second-order valence-corrected chi connectivity index (χ2v) is 10.3. The number of hydrogen-bond donors (Lipinski definition) is 1. The van der Waals surface area contributed by atoms with E-state index in [1.54, 1.807) is 24.3 Å². The molecule has 4 aromatic carbocycles. The van der Waals surface area contributed by atoms with Crippen molar-refractivity contribution in [3.63, 3.8) is 0 Å². The third-order valence-electron chi connectivity index (χ3n) is 5.87. The summed E-state index contributed by atoms with van der Waals surface area (Å²) in [5, 5.41) is 2.85. The summed E-state index contributed by atoms with van der Waals surface area (Å²) in [6.45, 7) is -0.338. The van der Waals surface area contributed by atoms with Gasteiger partial charge in [0.1, 0.15) is 18.0 Å². The highest BCUT2D eigenvalue weighted by molar-refractivity contribution is 7.92. The smallest absolute Gasteiger partial charge is 0.245 e. The van der Waals surface area contributed by atoms with Gasteiger partial charge < -0.3 is 10.1 Å². The first-order valence-corrected chi connectivity index (χ1v) is 13.0. The summed E-state index contributed by atoms with van der Waals surface area (Å²) in [5.41, 5.74) is 5.79. The highest BCUT2D eigenvalue weighted by Crippen LogP contribution is 2.37. The number of sulfonamides is 1. The van der Waals surface area contributed by atoms with E-state index in [-0.39, 0.29) is 6.54 Å². The highest BCUT2D eigenvalue weighted by atomic mass is 32.2. The molecule has 1 aliphatic rings. The van der Waals surface area contributed by atoms with Gasteiger partial charge in [-0.25, -0.2) is 8.42 Å². The van der Waals surface area contributed by atoms with Crippen molar-refractivity contribution in [3.05, 3.63) is 108 Å². The van der Waals surface area contributed by atoms with Crippen molar-refractivity contribution in [1.82, 2.24) is 0 Å². The number of anilines is 2. The number of fused-ring (bicyclic) bond motifs is 3. The monoisotopic (exact) mass is 484 g/mol. The van der Waals surface area contributed by atoms with E-state index >= 15 is 0 Å². The molecule has 7 heteroatoms. The molecule has 4 aromatic rings. The molecule has 1 aliphatic carbocycles. The number of hydrogen-bond acceptors (Lipinski definition) is 4. The number of para-hydroxylation sites is 1. The van der Waals surface area contributed by atoms with Crippen LogP contribution in [0.3, 0.4) is 0 Å². The van der Waals surface area contributed by atoms with E-state index in [2.05, 4.69) is 17.4 Å². The second kappa shape index (κ2) is 9.27. The van der Waals surface area contributed by atoms with Crippen LogP contribution in [0.2, 0.25) is 0 Å². The molecule has 0 fully saturated rings. The molecule has 0 heterocycles. The summed E-state index contributed by atoms with van der Waals surface area (Å²) >= 11 is 0. The van der Waals surface area contributed by atoms with Crippen LogP contribution in [-0.4, -0.2) is 27.1 Å². The van der Waals surface area contributed by atoms with E-state index in [4.69, 9.17) is 4.74 Å². The van der Waals surface area contributed by atoms with E-state index in [0.717, 1.165) is 28.1 Å². The molecule has 0 saturated heterocycles. The SMILES string of the molecule is CS(=O)(=O)N(CC(=O)Nc1ccc2c(c1)Cc1ccccc1-2)c1ccc(Oc2ccccc2)cc1. The lowest BCUT2D eigenvalue weighted by Crippen LogP contribution is -2.37. The molecule has 0 bridgehead atoms. The lowest BCUT2D eigenvalue weighted by Gasteiger charge is -2.22. The standard InChI is InChI=1S/C28H24N2O4S/c1-35(32,33)30(23-12-14-25(15-13-23)34-24-8-3-2-4-9-24)19-28(31)29-22-11-16-27-21(18-22)17-20-7-5-6-10-26(20)27/h2-16,18H,17,19H2,1H3,(H,29,31). The Hall–Kier alpha value is -4.10. The van der Waals surface area contributed by atoms with Crippen molar-refractivity contribution in [2.75, 3.05) is 22.4 Å². The molecule has 1 N–H and O–H groups in total. The maximum atomic E-state index is 12.8. The highest BCUT2D eigenvalue weighted by Gasteiger charge is 2.22. The fourth-order valence-electron chi connectivity index (χ4n) is 4.26. The predicted octanol–water partition coefficient (Wildman–Crippen LogP) is 5.45. The number of ether oxygens (including phenoxy) is 1. The number of rotatable bonds is 7. The summed E-state index contributed by atoms with van der Waals surface area (Å²) in [7, 11) is -3.69. The average molecular weight is 485 g/mol. The molecule has 0 aliphatic heterocycles. The Bertz CT molecular complexity index is 1480. The van der Waals surface area contributed by atoms with Gasteiger partial charge in [0.05, 0.1) is 11.9 Å². The first kappa shape index (κ1) is 22.7. The van der Waals surface area contributed by atoms with Crippen molar-refractivity contribution in [3.8, 4) is 22.6 Å². The first-order chi connectivity index (χ1) is 16.9. The maximum Gasteiger partial charge on any atom is 0.245 e. The first-order valence-electron chi connectivity index (χ1n) is 11.2. The van der Waals surface area contributed by atoms with Gasteiger partial charge in [0.15, 0.2) is 0 Å². The van der Waals surface area contributed by atoms with Gasteiger partial charge in [-0.05, 0) is 77.2 Å². The minimum atomic E-state index is -3.69. The molecular weight excluding hydrogens is 460 g/mol. The minimum Gasteiger partial charge on any atom is -0.457 e. The van der Waals surface area contributed by atoms with Crippen LogP contribution in [0.25, 0.3) is 11.1 Å². The molecule has 1 amide bonds. The van der Waals surface area contributed by atoms with Gasteiger partial charge in [0.25, 0.3) is 0 Å². The number of carbonyl (C=O) groups is 1. The van der Waals surface area contributed by atoms with Gasteiger partial charge in [-0.15, -0.1) is 0 Å². The summed E-state index contributed by atoms with van der Waals surface area (Å²) in [4.78, 5) is 12.8. The van der Waals surface area contributed by atoms with E-state index in [0.29, 0.717) is 22.9 Å². The third kappa shape index (κ3) is 5.05. The van der Waals surface area contributed by atoms with Crippen LogP contribution in [0.1, 0.15) is 11.1 Å². The molecule has 0 radical (unpaired) electrons. The Morgan fingerprint density at radius 3 is 2.23 bits per heavy atom. The minimum absolute atomic E-state index is 0.338. The Kier molecular flexibility index (Phi) is 6.01. The molecule has 0 spiro atoms. The zero-order valence-corrected chi connectivity index (χ0v) is 20.0. The van der Waals surface area contributed by atoms with Crippen molar-refractivity contribution in [2.24, 2.45) is 0 Å². The molecule has 0 atom stereocenters. The van der Waals surface area contributed by atoms with Crippen molar-refractivity contribution < 1.29 is 17.9 Å². The number of carbonyl (C=O) groups excluding carboxylic acids is 1. The number of nitrogens with zero attached hydrogens (tertiary/aromatic N) is 1. The van der Waals surface area contributed by atoms with Crippen LogP contribution in [0.15, 0.2) is 97.1 Å². The molecule has 0 unspecified atom stereocenters. The van der Waals surface area contributed by atoms with Crippen LogP contribution in [0.4, 0.5) is 11.4 Å². The van der Waals surface area contributed by atoms with Crippen molar-refractivity contribution in [2.45, 2.75) is 6.42 Å². The largest absolute Gasteiger partial charge is 0.457 e. The van der Waals surface area contributed by atoms with Gasteiger partial charge in [-0.2, -0.15) is 0 Å². The Labute approximate surface area is 204 Å². The van der Waals surface area contributed by atoms with Crippen LogP contribution < -0.4 is 14.4 Å². The molecule has 0 aromatic heterocycles. The summed E-state index contributed by atoms with van der Waals surface area (Å²) in [6, 6.07) is 29.9. The van der Waals surface area contributed by atoms with Gasteiger partial charge >= 0.3 is 0 Å². The van der Waals surface area contributed by atoms with Crippen molar-refractivity contribution in [1.29, 1.82) is 0 Å². The predicted molar refractivity (Wildman–Crippen MR) is 138 cm³/mol.